The lowest BCUT2D eigenvalue weighted by Gasteiger charge is -2.14. The second-order valence-electron chi connectivity index (χ2n) is 7.37. The van der Waals surface area contributed by atoms with E-state index in [1.807, 2.05) is 12.1 Å². The van der Waals surface area contributed by atoms with Crippen molar-refractivity contribution in [1.82, 2.24) is 24.6 Å². The van der Waals surface area contributed by atoms with Crippen LogP contribution >= 0.6 is 0 Å². The van der Waals surface area contributed by atoms with Gasteiger partial charge >= 0.3 is 0 Å². The van der Waals surface area contributed by atoms with Gasteiger partial charge in [-0.3, -0.25) is 4.40 Å². The highest BCUT2D eigenvalue weighted by Crippen LogP contribution is 2.55. The third-order valence-electron chi connectivity index (χ3n) is 5.65. The van der Waals surface area contributed by atoms with E-state index in [1.54, 1.807) is 36.3 Å². The minimum atomic E-state index is -0.242. The summed E-state index contributed by atoms with van der Waals surface area (Å²) < 4.78 is 27.5. The van der Waals surface area contributed by atoms with Crippen LogP contribution in [0.5, 0.6) is 11.6 Å². The Hall–Kier alpha value is -3.75. The molecule has 6 rings (SSSR count). The molecular weight excluding hydrogens is 387 g/mol. The Morgan fingerprint density at radius 3 is 3.10 bits per heavy atom. The molecule has 4 heterocycles. The van der Waals surface area contributed by atoms with Crippen LogP contribution in [0.3, 0.4) is 0 Å². The van der Waals surface area contributed by atoms with Crippen LogP contribution in [0.15, 0.2) is 43.0 Å². The van der Waals surface area contributed by atoms with E-state index in [0.717, 1.165) is 28.9 Å². The van der Waals surface area contributed by atoms with Crippen molar-refractivity contribution in [2.45, 2.75) is 25.0 Å². The molecule has 150 valence electrons. The molecule has 30 heavy (non-hydrogen) atoms. The van der Waals surface area contributed by atoms with Crippen molar-refractivity contribution in [3.63, 3.8) is 0 Å². The monoisotopic (exact) mass is 404 g/mol. The van der Waals surface area contributed by atoms with E-state index in [1.165, 1.54) is 6.07 Å². The Morgan fingerprint density at radius 1 is 1.27 bits per heavy atom. The lowest BCUT2D eigenvalue weighted by Crippen LogP contribution is -2.10. The van der Waals surface area contributed by atoms with Crippen LogP contribution in [0.1, 0.15) is 23.5 Å². The molecule has 0 spiro atoms. The van der Waals surface area contributed by atoms with Crippen LogP contribution in [0.4, 0.5) is 10.3 Å². The summed E-state index contributed by atoms with van der Waals surface area (Å²) in [6, 6.07) is 6.88. The van der Waals surface area contributed by atoms with Crippen molar-refractivity contribution in [1.29, 1.82) is 0 Å². The Balaban J connectivity index is 1.36. The molecule has 2 aliphatic rings. The minimum absolute atomic E-state index is 0.206. The molecule has 2 atom stereocenters. The van der Waals surface area contributed by atoms with Crippen LogP contribution in [0.2, 0.25) is 0 Å². The molecule has 1 saturated carbocycles. The molecule has 0 bridgehead atoms. The van der Waals surface area contributed by atoms with Gasteiger partial charge < -0.3 is 14.8 Å². The maximum atomic E-state index is 14.6. The maximum absolute atomic E-state index is 14.6. The lowest BCUT2D eigenvalue weighted by atomic mass is 10.0. The zero-order valence-electron chi connectivity index (χ0n) is 16.0. The average Bonchev–Trinajstić information content (AvgIpc) is 3.19. The van der Waals surface area contributed by atoms with Crippen molar-refractivity contribution in [2.24, 2.45) is 0 Å². The zero-order valence-corrected chi connectivity index (χ0v) is 16.0. The van der Waals surface area contributed by atoms with E-state index in [0.29, 0.717) is 29.0 Å². The molecule has 1 fully saturated rings. The van der Waals surface area contributed by atoms with Gasteiger partial charge in [0.2, 0.25) is 11.8 Å². The summed E-state index contributed by atoms with van der Waals surface area (Å²) in [7, 11) is 1.57. The lowest BCUT2D eigenvalue weighted by molar-refractivity contribution is 0.318. The van der Waals surface area contributed by atoms with Gasteiger partial charge in [0.05, 0.1) is 12.7 Å². The van der Waals surface area contributed by atoms with Crippen molar-refractivity contribution >= 4 is 11.6 Å². The Labute approximate surface area is 170 Å². The molecule has 9 heteroatoms. The van der Waals surface area contributed by atoms with Gasteiger partial charge in [0.25, 0.3) is 0 Å². The van der Waals surface area contributed by atoms with Crippen LogP contribution < -0.4 is 14.8 Å². The van der Waals surface area contributed by atoms with Crippen LogP contribution in [0, 0.1) is 5.82 Å². The fourth-order valence-electron chi connectivity index (χ4n) is 4.14. The third-order valence-corrected chi connectivity index (χ3v) is 5.65. The first-order valence-corrected chi connectivity index (χ1v) is 9.64. The minimum Gasteiger partial charge on any atom is -0.489 e. The summed E-state index contributed by atoms with van der Waals surface area (Å²) >= 11 is 0. The molecule has 1 unspecified atom stereocenters. The number of hydrogen-bond donors (Lipinski definition) is 1. The summed E-state index contributed by atoms with van der Waals surface area (Å²) in [6.45, 7) is 0.289. The molecule has 0 radical (unpaired) electrons. The first kappa shape index (κ1) is 17.1. The molecule has 1 aliphatic heterocycles. The summed E-state index contributed by atoms with van der Waals surface area (Å²) in [5, 5.41) is 11.5. The number of nitrogens with one attached hydrogen (secondary N) is 1. The largest absolute Gasteiger partial charge is 0.489 e. The standard InChI is InChI=1S/C21H17FN6O2/c1-29-20-11(3-2-6-23-20)13-8-24-21(28-10-26-27-19(13)28)25-9-14-15(22)4-5-16-18(14)12-7-17(12)30-16/h2-6,8,10,12,17H,7,9H2,1H3,(H,24,25)/t12-,17?/m0/s1. The number of methoxy groups -OCH3 is 1. The number of ether oxygens (including phenoxy) is 2. The number of rotatable bonds is 5. The number of nitrogens with zero attached hydrogens (tertiary/aromatic N) is 5. The van der Waals surface area contributed by atoms with Gasteiger partial charge in [0.1, 0.15) is 24.0 Å². The Bertz CT molecular complexity index is 1290. The molecule has 1 aromatic carbocycles. The molecule has 0 saturated heterocycles. The molecule has 8 nitrogen and oxygen atoms in total. The fourth-order valence-corrected chi connectivity index (χ4v) is 4.14. The molecule has 4 aromatic rings. The zero-order chi connectivity index (χ0) is 20.2. The van der Waals surface area contributed by atoms with Crippen molar-refractivity contribution in [3.8, 4) is 22.8 Å². The van der Waals surface area contributed by atoms with Gasteiger partial charge in [0, 0.05) is 41.5 Å². The van der Waals surface area contributed by atoms with E-state index >= 15 is 0 Å². The van der Waals surface area contributed by atoms with Gasteiger partial charge in [-0.2, -0.15) is 0 Å². The normalized spacial score (nSPS) is 18.6. The predicted molar refractivity (Wildman–Crippen MR) is 106 cm³/mol. The first-order valence-electron chi connectivity index (χ1n) is 9.64. The topological polar surface area (TPSA) is 86.5 Å². The van der Waals surface area contributed by atoms with Crippen LogP contribution in [-0.4, -0.2) is 37.8 Å². The molecule has 0 amide bonds. The predicted octanol–water partition coefficient (Wildman–Crippen LogP) is 3.19. The van der Waals surface area contributed by atoms with E-state index in [9.17, 15) is 4.39 Å². The maximum Gasteiger partial charge on any atom is 0.221 e. The van der Waals surface area contributed by atoms with E-state index in [-0.39, 0.29) is 18.5 Å². The van der Waals surface area contributed by atoms with Crippen LogP contribution in [0.25, 0.3) is 16.8 Å². The second-order valence-corrected chi connectivity index (χ2v) is 7.37. The SMILES string of the molecule is COc1ncccc1-c1cnc(NCc2c(F)ccc3c2[C@H]2CC2O3)n2cnnc12. The highest BCUT2D eigenvalue weighted by molar-refractivity contribution is 5.80. The van der Waals surface area contributed by atoms with E-state index < -0.39 is 0 Å². The molecule has 3 aromatic heterocycles. The summed E-state index contributed by atoms with van der Waals surface area (Å²) in [6.07, 6.45) is 6.09. The number of fused-ring (bicyclic) bond motifs is 4. The Kier molecular flexibility index (Phi) is 3.64. The second kappa shape index (κ2) is 6.38. The van der Waals surface area contributed by atoms with Gasteiger partial charge in [-0.1, -0.05) is 0 Å². The quantitative estimate of drug-likeness (QED) is 0.547. The molecule has 1 N–H and O–H groups in total. The number of anilines is 1. The number of hydrogen-bond acceptors (Lipinski definition) is 7. The third kappa shape index (κ3) is 2.51. The summed E-state index contributed by atoms with van der Waals surface area (Å²) in [5.41, 5.74) is 3.70. The molecular formula is C21H17FN6O2. The van der Waals surface area contributed by atoms with Gasteiger partial charge in [-0.05, 0) is 30.7 Å². The van der Waals surface area contributed by atoms with Gasteiger partial charge in [0.15, 0.2) is 5.65 Å². The number of aromatic nitrogens is 5. The van der Waals surface area contributed by atoms with Crippen molar-refractivity contribution in [2.75, 3.05) is 12.4 Å². The number of benzene rings is 1. The van der Waals surface area contributed by atoms with Gasteiger partial charge in [-0.15, -0.1) is 10.2 Å². The van der Waals surface area contributed by atoms with Gasteiger partial charge in [-0.25, -0.2) is 14.4 Å². The summed E-state index contributed by atoms with van der Waals surface area (Å²) in [5.74, 6) is 1.84. The van der Waals surface area contributed by atoms with Crippen molar-refractivity contribution < 1.29 is 13.9 Å². The highest BCUT2D eigenvalue weighted by atomic mass is 19.1. The number of pyridine rings is 1. The average molecular weight is 404 g/mol. The Morgan fingerprint density at radius 2 is 2.20 bits per heavy atom. The molecule has 1 aliphatic carbocycles. The summed E-state index contributed by atoms with van der Waals surface area (Å²) in [4.78, 5) is 8.77. The number of halogens is 1. The highest BCUT2D eigenvalue weighted by Gasteiger charge is 2.49. The van der Waals surface area contributed by atoms with E-state index in [2.05, 4.69) is 25.5 Å². The van der Waals surface area contributed by atoms with Crippen molar-refractivity contribution in [3.05, 3.63) is 59.9 Å². The smallest absolute Gasteiger partial charge is 0.221 e. The fraction of sp³-hybridized carbons (Fsp3) is 0.238. The van der Waals surface area contributed by atoms with E-state index in [4.69, 9.17) is 9.47 Å². The van der Waals surface area contributed by atoms with Crippen LogP contribution in [-0.2, 0) is 6.54 Å². The first-order chi connectivity index (χ1) is 14.7.